The van der Waals surface area contributed by atoms with Gasteiger partial charge < -0.3 is 5.73 Å². The Hall–Kier alpha value is -0.410. The van der Waals surface area contributed by atoms with Crippen LogP contribution in [0.2, 0.25) is 0 Å². The van der Waals surface area contributed by atoms with Crippen molar-refractivity contribution in [1.29, 1.82) is 0 Å². The first-order valence-corrected chi connectivity index (χ1v) is 3.40. The SMILES string of the molecule is CC(C)c1c(N)cnn1C.Cl.Cl. The molecule has 1 aromatic heterocycles. The fraction of sp³-hybridized carbons (Fsp3) is 0.571. The van der Waals surface area contributed by atoms with Crippen molar-refractivity contribution in [2.24, 2.45) is 7.05 Å². The highest BCUT2D eigenvalue weighted by Crippen LogP contribution is 2.19. The molecule has 0 atom stereocenters. The highest BCUT2D eigenvalue weighted by atomic mass is 35.5. The largest absolute Gasteiger partial charge is 0.396 e. The van der Waals surface area contributed by atoms with Gasteiger partial charge in [-0.25, -0.2) is 0 Å². The van der Waals surface area contributed by atoms with Crippen molar-refractivity contribution in [3.05, 3.63) is 11.9 Å². The summed E-state index contributed by atoms with van der Waals surface area (Å²) >= 11 is 0. The molecule has 5 heteroatoms. The molecule has 0 bridgehead atoms. The molecule has 12 heavy (non-hydrogen) atoms. The van der Waals surface area contributed by atoms with Gasteiger partial charge in [-0.1, -0.05) is 13.8 Å². The molecular formula is C7H15Cl2N3. The van der Waals surface area contributed by atoms with E-state index in [1.807, 2.05) is 11.7 Å². The van der Waals surface area contributed by atoms with Crippen LogP contribution in [0.5, 0.6) is 0 Å². The second-order valence-corrected chi connectivity index (χ2v) is 2.76. The van der Waals surface area contributed by atoms with Crippen LogP contribution < -0.4 is 5.73 Å². The summed E-state index contributed by atoms with van der Waals surface area (Å²) in [5.74, 6) is 0.451. The number of hydrogen-bond acceptors (Lipinski definition) is 2. The lowest BCUT2D eigenvalue weighted by Crippen LogP contribution is -2.02. The fourth-order valence-electron chi connectivity index (χ4n) is 1.17. The first kappa shape index (κ1) is 14.1. The van der Waals surface area contributed by atoms with E-state index in [0.29, 0.717) is 5.92 Å². The lowest BCUT2D eigenvalue weighted by atomic mass is 10.1. The molecule has 0 aliphatic heterocycles. The summed E-state index contributed by atoms with van der Waals surface area (Å²) in [4.78, 5) is 0. The van der Waals surface area contributed by atoms with E-state index in [2.05, 4.69) is 18.9 Å². The van der Waals surface area contributed by atoms with E-state index < -0.39 is 0 Å². The first-order chi connectivity index (χ1) is 4.63. The molecule has 0 aliphatic carbocycles. The number of hydrogen-bond donors (Lipinski definition) is 1. The number of aromatic nitrogens is 2. The van der Waals surface area contributed by atoms with Gasteiger partial charge in [0.25, 0.3) is 0 Å². The Morgan fingerprint density at radius 2 is 1.92 bits per heavy atom. The first-order valence-electron chi connectivity index (χ1n) is 3.40. The normalized spacial score (nSPS) is 9.00. The molecule has 0 aromatic carbocycles. The molecule has 0 unspecified atom stereocenters. The average Bonchev–Trinajstić information content (AvgIpc) is 2.11. The maximum Gasteiger partial charge on any atom is 0.0735 e. The lowest BCUT2D eigenvalue weighted by molar-refractivity contribution is 0.671. The van der Waals surface area contributed by atoms with E-state index in [1.54, 1.807) is 6.20 Å². The summed E-state index contributed by atoms with van der Waals surface area (Å²) in [6.45, 7) is 4.21. The second kappa shape index (κ2) is 5.27. The van der Waals surface area contributed by atoms with Gasteiger partial charge in [-0.05, 0) is 5.92 Å². The Labute approximate surface area is 85.1 Å². The Kier molecular flexibility index (Phi) is 6.21. The van der Waals surface area contributed by atoms with Crippen LogP contribution in [0, 0.1) is 0 Å². The van der Waals surface area contributed by atoms with Gasteiger partial charge in [0.1, 0.15) is 0 Å². The third kappa shape index (κ3) is 2.57. The van der Waals surface area contributed by atoms with E-state index in [0.717, 1.165) is 11.4 Å². The molecule has 0 radical (unpaired) electrons. The van der Waals surface area contributed by atoms with Gasteiger partial charge in [0.2, 0.25) is 0 Å². The quantitative estimate of drug-likeness (QED) is 0.773. The summed E-state index contributed by atoms with van der Waals surface area (Å²) < 4.78 is 1.82. The average molecular weight is 212 g/mol. The van der Waals surface area contributed by atoms with Crippen LogP contribution in [0.4, 0.5) is 5.69 Å². The number of nitrogen functional groups attached to an aromatic ring is 1. The molecule has 0 spiro atoms. The van der Waals surface area contributed by atoms with Crippen LogP contribution >= 0.6 is 24.8 Å². The number of anilines is 1. The van der Waals surface area contributed by atoms with Crippen molar-refractivity contribution in [2.75, 3.05) is 5.73 Å². The van der Waals surface area contributed by atoms with Crippen molar-refractivity contribution in [3.63, 3.8) is 0 Å². The van der Waals surface area contributed by atoms with Crippen molar-refractivity contribution in [3.8, 4) is 0 Å². The maximum atomic E-state index is 5.66. The molecule has 2 N–H and O–H groups in total. The van der Waals surface area contributed by atoms with Gasteiger partial charge in [-0.2, -0.15) is 5.10 Å². The zero-order chi connectivity index (χ0) is 7.72. The van der Waals surface area contributed by atoms with Crippen molar-refractivity contribution >= 4 is 30.5 Å². The summed E-state index contributed by atoms with van der Waals surface area (Å²) in [5.41, 5.74) is 7.56. The van der Waals surface area contributed by atoms with Crippen LogP contribution in [0.15, 0.2) is 6.20 Å². The minimum atomic E-state index is 0. The van der Waals surface area contributed by atoms with Gasteiger partial charge in [-0.3, -0.25) is 4.68 Å². The van der Waals surface area contributed by atoms with E-state index in [1.165, 1.54) is 0 Å². The number of nitrogens with zero attached hydrogens (tertiary/aromatic N) is 2. The minimum Gasteiger partial charge on any atom is -0.396 e. The van der Waals surface area contributed by atoms with Gasteiger partial charge in [0.15, 0.2) is 0 Å². The number of halogens is 2. The van der Waals surface area contributed by atoms with E-state index in [-0.39, 0.29) is 24.8 Å². The third-order valence-corrected chi connectivity index (χ3v) is 1.56. The van der Waals surface area contributed by atoms with E-state index in [4.69, 9.17) is 5.73 Å². The molecule has 0 aliphatic rings. The predicted octanol–water partition coefficient (Wildman–Crippen LogP) is 1.97. The van der Waals surface area contributed by atoms with Crippen LogP contribution in [0.25, 0.3) is 0 Å². The maximum absolute atomic E-state index is 5.66. The Morgan fingerprint density at radius 1 is 1.42 bits per heavy atom. The number of aryl methyl sites for hydroxylation is 1. The fourth-order valence-corrected chi connectivity index (χ4v) is 1.17. The van der Waals surface area contributed by atoms with E-state index in [9.17, 15) is 0 Å². The number of nitrogens with two attached hydrogens (primary N) is 1. The summed E-state index contributed by atoms with van der Waals surface area (Å²) in [7, 11) is 1.91. The van der Waals surface area contributed by atoms with Crippen LogP contribution in [0.1, 0.15) is 25.5 Å². The molecule has 72 valence electrons. The summed E-state index contributed by atoms with van der Waals surface area (Å²) in [6, 6.07) is 0. The molecule has 3 nitrogen and oxygen atoms in total. The molecule has 0 saturated carbocycles. The molecule has 0 saturated heterocycles. The Morgan fingerprint density at radius 3 is 2.08 bits per heavy atom. The van der Waals surface area contributed by atoms with E-state index >= 15 is 0 Å². The minimum absolute atomic E-state index is 0. The standard InChI is InChI=1S/C7H13N3.2ClH/c1-5(2)7-6(8)4-9-10(7)3;;/h4-5H,8H2,1-3H3;2*1H. The topological polar surface area (TPSA) is 43.8 Å². The molecule has 1 heterocycles. The zero-order valence-corrected chi connectivity index (χ0v) is 9.08. The Bertz CT molecular complexity index is 213. The number of rotatable bonds is 1. The molecule has 0 fully saturated rings. The molecule has 0 amide bonds. The van der Waals surface area contributed by atoms with Gasteiger partial charge in [0.05, 0.1) is 17.6 Å². The van der Waals surface area contributed by atoms with Crippen LogP contribution in [-0.4, -0.2) is 9.78 Å². The molecule has 1 aromatic rings. The van der Waals surface area contributed by atoms with Crippen LogP contribution in [0.3, 0.4) is 0 Å². The van der Waals surface area contributed by atoms with Gasteiger partial charge >= 0.3 is 0 Å². The molecule has 1 rings (SSSR count). The Balaban J connectivity index is 0. The zero-order valence-electron chi connectivity index (χ0n) is 7.44. The highest BCUT2D eigenvalue weighted by molar-refractivity contribution is 5.85. The molecular weight excluding hydrogens is 197 g/mol. The monoisotopic (exact) mass is 211 g/mol. The van der Waals surface area contributed by atoms with Crippen molar-refractivity contribution < 1.29 is 0 Å². The van der Waals surface area contributed by atoms with Gasteiger partial charge in [0, 0.05) is 7.05 Å². The van der Waals surface area contributed by atoms with Crippen LogP contribution in [-0.2, 0) is 7.05 Å². The van der Waals surface area contributed by atoms with Gasteiger partial charge in [-0.15, -0.1) is 24.8 Å². The third-order valence-electron chi connectivity index (χ3n) is 1.56. The lowest BCUT2D eigenvalue weighted by Gasteiger charge is -2.05. The highest BCUT2D eigenvalue weighted by Gasteiger charge is 2.07. The summed E-state index contributed by atoms with van der Waals surface area (Å²) in [5, 5.41) is 4.03. The smallest absolute Gasteiger partial charge is 0.0735 e. The van der Waals surface area contributed by atoms with Crippen molar-refractivity contribution in [1.82, 2.24) is 9.78 Å². The second-order valence-electron chi connectivity index (χ2n) is 2.76. The summed E-state index contributed by atoms with van der Waals surface area (Å²) in [6.07, 6.45) is 1.69. The predicted molar refractivity (Wildman–Crippen MR) is 56.2 cm³/mol. The van der Waals surface area contributed by atoms with Crippen molar-refractivity contribution in [2.45, 2.75) is 19.8 Å².